The van der Waals surface area contributed by atoms with Crippen LogP contribution in [0.25, 0.3) is 0 Å². The van der Waals surface area contributed by atoms with Gasteiger partial charge in [-0.3, -0.25) is 0 Å². The van der Waals surface area contributed by atoms with Crippen LogP contribution in [-0.4, -0.2) is 17.4 Å². The standard InChI is InChI=1S/C7H10BNO3/c1-5-6(9)3-2-4-7(5)12-8(10)11/h2-4,10-11H,9H2,1H3. The molecule has 4 N–H and O–H groups in total. The summed E-state index contributed by atoms with van der Waals surface area (Å²) in [5, 5.41) is 17.0. The molecule has 0 aliphatic heterocycles. The summed E-state index contributed by atoms with van der Waals surface area (Å²) in [6, 6.07) is 5.01. The zero-order valence-corrected chi connectivity index (χ0v) is 6.69. The maximum absolute atomic E-state index is 8.51. The van der Waals surface area contributed by atoms with Gasteiger partial charge < -0.3 is 20.4 Å². The number of nitrogen functional groups attached to an aromatic ring is 1. The lowest BCUT2D eigenvalue weighted by Gasteiger charge is -2.09. The van der Waals surface area contributed by atoms with Gasteiger partial charge in [0.15, 0.2) is 0 Å². The zero-order chi connectivity index (χ0) is 9.14. The Bertz CT molecular complexity index is 277. The summed E-state index contributed by atoms with van der Waals surface area (Å²) in [5.74, 6) is 0.380. The topological polar surface area (TPSA) is 75.7 Å². The number of nitrogens with two attached hydrogens (primary N) is 1. The monoisotopic (exact) mass is 167 g/mol. The Morgan fingerprint density at radius 2 is 2.08 bits per heavy atom. The lowest BCUT2D eigenvalue weighted by Crippen LogP contribution is -2.21. The summed E-state index contributed by atoms with van der Waals surface area (Å²) < 4.78 is 4.66. The van der Waals surface area contributed by atoms with Crippen LogP contribution in [0, 0.1) is 6.92 Å². The number of rotatable bonds is 2. The van der Waals surface area contributed by atoms with Crippen LogP contribution in [0.4, 0.5) is 5.69 Å². The van der Waals surface area contributed by atoms with Crippen LogP contribution in [0.2, 0.25) is 0 Å². The number of benzene rings is 1. The summed E-state index contributed by atoms with van der Waals surface area (Å²) in [5.41, 5.74) is 6.82. The molecule has 0 bridgehead atoms. The van der Waals surface area contributed by atoms with Gasteiger partial charge in [-0.05, 0) is 19.1 Å². The second kappa shape index (κ2) is 3.47. The molecule has 1 aromatic rings. The zero-order valence-electron chi connectivity index (χ0n) is 6.69. The molecule has 0 radical (unpaired) electrons. The van der Waals surface area contributed by atoms with Gasteiger partial charge in [0.25, 0.3) is 0 Å². The summed E-state index contributed by atoms with van der Waals surface area (Å²) in [4.78, 5) is 0. The molecule has 0 saturated carbocycles. The maximum Gasteiger partial charge on any atom is 0.707 e. The van der Waals surface area contributed by atoms with E-state index in [1.165, 1.54) is 0 Å². The highest BCUT2D eigenvalue weighted by Gasteiger charge is 2.13. The molecule has 0 saturated heterocycles. The highest BCUT2D eigenvalue weighted by atomic mass is 16.6. The third-order valence-corrected chi connectivity index (χ3v) is 1.56. The van der Waals surface area contributed by atoms with Crippen molar-refractivity contribution in [2.45, 2.75) is 6.92 Å². The van der Waals surface area contributed by atoms with Crippen molar-refractivity contribution in [1.82, 2.24) is 0 Å². The van der Waals surface area contributed by atoms with Gasteiger partial charge in [0.1, 0.15) is 5.75 Å². The molecular formula is C7H10BNO3. The van der Waals surface area contributed by atoms with Gasteiger partial charge in [0.2, 0.25) is 0 Å². The predicted octanol–water partition coefficient (Wildman–Crippen LogP) is -0.0745. The van der Waals surface area contributed by atoms with Gasteiger partial charge in [-0.1, -0.05) is 6.07 Å². The molecule has 0 spiro atoms. The van der Waals surface area contributed by atoms with Crippen molar-refractivity contribution in [3.8, 4) is 5.75 Å². The highest BCUT2D eigenvalue weighted by Crippen LogP contribution is 2.22. The molecule has 0 amide bonds. The smallest absolute Gasteiger partial charge is 0.512 e. The van der Waals surface area contributed by atoms with Gasteiger partial charge in [-0.15, -0.1) is 0 Å². The Labute approximate surface area is 70.8 Å². The van der Waals surface area contributed by atoms with Gasteiger partial charge in [-0.2, -0.15) is 0 Å². The maximum atomic E-state index is 8.51. The van der Waals surface area contributed by atoms with Crippen LogP contribution >= 0.6 is 0 Å². The molecule has 1 rings (SSSR count). The normalized spacial score (nSPS) is 9.58. The van der Waals surface area contributed by atoms with E-state index in [1.54, 1.807) is 25.1 Å². The molecule has 1 aromatic carbocycles. The Kier molecular flexibility index (Phi) is 2.57. The molecule has 0 unspecified atom stereocenters. The van der Waals surface area contributed by atoms with Crippen LogP contribution < -0.4 is 10.4 Å². The van der Waals surface area contributed by atoms with Crippen LogP contribution in [-0.2, 0) is 0 Å². The minimum Gasteiger partial charge on any atom is -0.512 e. The van der Waals surface area contributed by atoms with E-state index < -0.39 is 7.32 Å². The number of hydrogen-bond acceptors (Lipinski definition) is 4. The van der Waals surface area contributed by atoms with Crippen LogP contribution in [0.5, 0.6) is 5.75 Å². The Balaban J connectivity index is 2.92. The van der Waals surface area contributed by atoms with E-state index in [0.29, 0.717) is 17.0 Å². The van der Waals surface area contributed by atoms with E-state index >= 15 is 0 Å². The van der Waals surface area contributed by atoms with E-state index in [0.717, 1.165) is 0 Å². The first-order chi connectivity index (χ1) is 5.61. The van der Waals surface area contributed by atoms with Gasteiger partial charge >= 0.3 is 7.32 Å². The third kappa shape index (κ3) is 1.90. The van der Waals surface area contributed by atoms with Crippen LogP contribution in [0.3, 0.4) is 0 Å². The van der Waals surface area contributed by atoms with E-state index in [9.17, 15) is 0 Å². The summed E-state index contributed by atoms with van der Waals surface area (Å²) in [7, 11) is -1.80. The van der Waals surface area contributed by atoms with E-state index in [1.807, 2.05) is 0 Å². The predicted molar refractivity (Wildman–Crippen MR) is 46.4 cm³/mol. The van der Waals surface area contributed by atoms with Crippen molar-refractivity contribution >= 4 is 13.0 Å². The Morgan fingerprint density at radius 1 is 1.42 bits per heavy atom. The average molecular weight is 167 g/mol. The Hall–Kier alpha value is -1.20. The van der Waals surface area contributed by atoms with Crippen molar-refractivity contribution in [2.24, 2.45) is 0 Å². The van der Waals surface area contributed by atoms with Crippen molar-refractivity contribution in [2.75, 3.05) is 5.73 Å². The summed E-state index contributed by atoms with van der Waals surface area (Å²) in [6.07, 6.45) is 0. The quantitative estimate of drug-likeness (QED) is 0.425. The molecule has 4 nitrogen and oxygen atoms in total. The summed E-state index contributed by atoms with van der Waals surface area (Å²) >= 11 is 0. The SMILES string of the molecule is Cc1c(N)cccc1OB(O)O. The van der Waals surface area contributed by atoms with Crippen molar-refractivity contribution in [1.29, 1.82) is 0 Å². The molecule has 12 heavy (non-hydrogen) atoms. The number of anilines is 1. The molecule has 0 aliphatic carbocycles. The Morgan fingerprint density at radius 3 is 2.67 bits per heavy atom. The van der Waals surface area contributed by atoms with Crippen molar-refractivity contribution in [3.05, 3.63) is 23.8 Å². The van der Waals surface area contributed by atoms with Gasteiger partial charge in [0, 0.05) is 11.3 Å². The van der Waals surface area contributed by atoms with Crippen molar-refractivity contribution in [3.63, 3.8) is 0 Å². The molecule has 0 aromatic heterocycles. The molecule has 0 atom stereocenters. The van der Waals surface area contributed by atoms with Gasteiger partial charge in [0.05, 0.1) is 0 Å². The fourth-order valence-electron chi connectivity index (χ4n) is 0.873. The van der Waals surface area contributed by atoms with E-state index in [2.05, 4.69) is 4.65 Å². The third-order valence-electron chi connectivity index (χ3n) is 1.56. The first kappa shape index (κ1) is 8.90. The lowest BCUT2D eigenvalue weighted by molar-refractivity contribution is 0.287. The van der Waals surface area contributed by atoms with Crippen molar-refractivity contribution < 1.29 is 14.7 Å². The largest absolute Gasteiger partial charge is 0.707 e. The second-order valence-electron chi connectivity index (χ2n) is 2.41. The number of hydrogen-bond donors (Lipinski definition) is 3. The lowest BCUT2D eigenvalue weighted by atomic mass is 10.1. The van der Waals surface area contributed by atoms with Gasteiger partial charge in [-0.25, -0.2) is 0 Å². The minimum absolute atomic E-state index is 0.380. The van der Waals surface area contributed by atoms with E-state index in [-0.39, 0.29) is 0 Å². The fourth-order valence-corrected chi connectivity index (χ4v) is 0.873. The van der Waals surface area contributed by atoms with E-state index in [4.69, 9.17) is 15.8 Å². The first-order valence-corrected chi connectivity index (χ1v) is 3.49. The fraction of sp³-hybridized carbons (Fsp3) is 0.143. The molecular weight excluding hydrogens is 157 g/mol. The summed E-state index contributed by atoms with van der Waals surface area (Å²) in [6.45, 7) is 1.74. The molecule has 5 heteroatoms. The van der Waals surface area contributed by atoms with Crippen LogP contribution in [0.15, 0.2) is 18.2 Å². The second-order valence-corrected chi connectivity index (χ2v) is 2.41. The molecule has 0 aliphatic rings. The average Bonchev–Trinajstić information content (AvgIpc) is 1.98. The molecule has 0 heterocycles. The highest BCUT2D eigenvalue weighted by molar-refractivity contribution is 6.33. The van der Waals surface area contributed by atoms with Crippen LogP contribution in [0.1, 0.15) is 5.56 Å². The first-order valence-electron chi connectivity index (χ1n) is 3.49. The minimum atomic E-state index is -1.80. The molecule has 0 fully saturated rings. The molecule has 64 valence electrons.